The van der Waals surface area contributed by atoms with Crippen LogP contribution in [0.3, 0.4) is 0 Å². The summed E-state index contributed by atoms with van der Waals surface area (Å²) >= 11 is 0. The van der Waals surface area contributed by atoms with E-state index in [-0.39, 0.29) is 11.8 Å². The molecule has 0 radical (unpaired) electrons. The first-order chi connectivity index (χ1) is 14.2. The van der Waals surface area contributed by atoms with Gasteiger partial charge in [0.1, 0.15) is 11.5 Å². The molecule has 2 aromatic carbocycles. The van der Waals surface area contributed by atoms with Crippen molar-refractivity contribution in [1.29, 1.82) is 0 Å². The third-order valence-electron chi connectivity index (χ3n) is 5.11. The molecule has 2 amide bonds. The second-order valence-electron chi connectivity index (χ2n) is 6.87. The van der Waals surface area contributed by atoms with Gasteiger partial charge in [0.05, 0.1) is 13.4 Å². The van der Waals surface area contributed by atoms with Gasteiger partial charge < -0.3 is 19.0 Å². The molecule has 0 N–H and O–H groups in total. The Hall–Kier alpha value is -3.54. The van der Waals surface area contributed by atoms with Gasteiger partial charge in [-0.3, -0.25) is 9.59 Å². The van der Waals surface area contributed by atoms with Crippen LogP contribution in [0.15, 0.2) is 71.3 Å². The van der Waals surface area contributed by atoms with E-state index in [9.17, 15) is 9.59 Å². The minimum absolute atomic E-state index is 0.0282. The minimum atomic E-state index is -0.0325. The van der Waals surface area contributed by atoms with Crippen molar-refractivity contribution >= 4 is 11.8 Å². The molecule has 2 heterocycles. The van der Waals surface area contributed by atoms with Crippen molar-refractivity contribution in [2.24, 2.45) is 0 Å². The maximum atomic E-state index is 12.9. The van der Waals surface area contributed by atoms with Gasteiger partial charge in [-0.05, 0) is 48.5 Å². The topological polar surface area (TPSA) is 63.0 Å². The first-order valence-electron chi connectivity index (χ1n) is 9.52. The summed E-state index contributed by atoms with van der Waals surface area (Å²) < 4.78 is 10.6. The Morgan fingerprint density at radius 3 is 2.07 bits per heavy atom. The second-order valence-corrected chi connectivity index (χ2v) is 6.87. The fourth-order valence-corrected chi connectivity index (χ4v) is 3.46. The highest BCUT2D eigenvalue weighted by molar-refractivity contribution is 5.96. The molecule has 0 atom stereocenters. The summed E-state index contributed by atoms with van der Waals surface area (Å²) in [6, 6.07) is 18.2. The number of benzene rings is 2. The largest absolute Gasteiger partial charge is 0.497 e. The maximum absolute atomic E-state index is 12.9. The van der Waals surface area contributed by atoms with E-state index in [0.29, 0.717) is 43.1 Å². The van der Waals surface area contributed by atoms with Crippen molar-refractivity contribution in [3.05, 3.63) is 78.1 Å². The van der Waals surface area contributed by atoms with E-state index in [1.165, 1.54) is 0 Å². The number of carbonyl (C=O) groups is 2. The van der Waals surface area contributed by atoms with Gasteiger partial charge in [0.2, 0.25) is 0 Å². The molecular formula is C23H22N2O4. The van der Waals surface area contributed by atoms with Gasteiger partial charge in [0.15, 0.2) is 0 Å². The van der Waals surface area contributed by atoms with E-state index in [2.05, 4.69) is 0 Å². The molecule has 4 rings (SSSR count). The lowest BCUT2D eigenvalue weighted by molar-refractivity contribution is 0.0535. The maximum Gasteiger partial charge on any atom is 0.253 e. The van der Waals surface area contributed by atoms with Gasteiger partial charge in [-0.15, -0.1) is 0 Å². The van der Waals surface area contributed by atoms with Gasteiger partial charge in [0.25, 0.3) is 11.8 Å². The molecule has 1 fully saturated rings. The van der Waals surface area contributed by atoms with Crippen LogP contribution < -0.4 is 4.74 Å². The van der Waals surface area contributed by atoms with Crippen LogP contribution in [0.2, 0.25) is 0 Å². The van der Waals surface area contributed by atoms with E-state index in [1.807, 2.05) is 36.4 Å². The van der Waals surface area contributed by atoms with Crippen LogP contribution in [0.1, 0.15) is 20.7 Å². The number of nitrogens with zero attached hydrogens (tertiary/aromatic N) is 2. The molecular weight excluding hydrogens is 368 g/mol. The lowest BCUT2D eigenvalue weighted by Crippen LogP contribution is -2.50. The highest BCUT2D eigenvalue weighted by Crippen LogP contribution is 2.22. The highest BCUT2D eigenvalue weighted by Gasteiger charge is 2.25. The first kappa shape index (κ1) is 18.8. The number of hydrogen-bond acceptors (Lipinski definition) is 4. The number of rotatable bonds is 4. The van der Waals surface area contributed by atoms with E-state index in [4.69, 9.17) is 9.15 Å². The molecule has 3 aromatic rings. The van der Waals surface area contributed by atoms with Crippen LogP contribution in [0.4, 0.5) is 0 Å². The molecule has 29 heavy (non-hydrogen) atoms. The van der Waals surface area contributed by atoms with Crippen molar-refractivity contribution < 1.29 is 18.7 Å². The van der Waals surface area contributed by atoms with Crippen LogP contribution in [0.25, 0.3) is 11.3 Å². The molecule has 1 aliphatic heterocycles. The molecule has 0 unspecified atom stereocenters. The zero-order chi connectivity index (χ0) is 20.2. The van der Waals surface area contributed by atoms with Crippen LogP contribution in [0.5, 0.6) is 5.75 Å². The summed E-state index contributed by atoms with van der Waals surface area (Å²) in [5, 5.41) is 0. The number of carbonyl (C=O) groups excluding carboxylic acids is 2. The second kappa shape index (κ2) is 8.22. The number of methoxy groups -OCH3 is 1. The Labute approximate surface area is 169 Å². The average Bonchev–Trinajstić information content (AvgIpc) is 3.33. The Bertz CT molecular complexity index is 988. The Morgan fingerprint density at radius 2 is 1.48 bits per heavy atom. The van der Waals surface area contributed by atoms with Crippen molar-refractivity contribution in [2.45, 2.75) is 0 Å². The van der Waals surface area contributed by atoms with Crippen molar-refractivity contribution in [3.63, 3.8) is 0 Å². The molecule has 148 valence electrons. The van der Waals surface area contributed by atoms with Crippen LogP contribution in [-0.2, 0) is 0 Å². The van der Waals surface area contributed by atoms with Gasteiger partial charge in [-0.2, -0.15) is 0 Å². The molecule has 6 heteroatoms. The molecule has 1 aliphatic rings. The number of ether oxygens (including phenoxy) is 1. The Morgan fingerprint density at radius 1 is 0.828 bits per heavy atom. The molecule has 1 saturated heterocycles. The third-order valence-corrected chi connectivity index (χ3v) is 5.11. The quantitative estimate of drug-likeness (QED) is 0.683. The monoisotopic (exact) mass is 390 g/mol. The molecule has 0 saturated carbocycles. The first-order valence-corrected chi connectivity index (χ1v) is 9.52. The molecule has 0 spiro atoms. The number of furan rings is 1. The molecule has 0 aliphatic carbocycles. The fraction of sp³-hybridized carbons (Fsp3) is 0.217. The van der Waals surface area contributed by atoms with E-state index >= 15 is 0 Å². The van der Waals surface area contributed by atoms with E-state index < -0.39 is 0 Å². The SMILES string of the molecule is COc1ccc(C(=O)N2CCN(C(=O)c3cccc(-c4ccco4)c3)CC2)cc1. The lowest BCUT2D eigenvalue weighted by Gasteiger charge is -2.35. The predicted molar refractivity (Wildman–Crippen MR) is 109 cm³/mol. The van der Waals surface area contributed by atoms with Crippen LogP contribution in [0, 0.1) is 0 Å². The summed E-state index contributed by atoms with van der Waals surface area (Å²) in [6.45, 7) is 2.03. The summed E-state index contributed by atoms with van der Waals surface area (Å²) in [6.07, 6.45) is 1.61. The van der Waals surface area contributed by atoms with Gasteiger partial charge in [0, 0.05) is 42.9 Å². The minimum Gasteiger partial charge on any atom is -0.497 e. The van der Waals surface area contributed by atoms with Crippen LogP contribution >= 0.6 is 0 Å². The molecule has 6 nitrogen and oxygen atoms in total. The Balaban J connectivity index is 1.39. The fourth-order valence-electron chi connectivity index (χ4n) is 3.46. The number of hydrogen-bond donors (Lipinski definition) is 0. The summed E-state index contributed by atoms with van der Waals surface area (Å²) in [5.41, 5.74) is 2.11. The normalized spacial score (nSPS) is 14.0. The number of amides is 2. The lowest BCUT2D eigenvalue weighted by atomic mass is 10.1. The van der Waals surface area contributed by atoms with E-state index in [0.717, 1.165) is 11.3 Å². The summed E-state index contributed by atoms with van der Waals surface area (Å²) in [4.78, 5) is 29.2. The van der Waals surface area contributed by atoms with Gasteiger partial charge in [-0.25, -0.2) is 0 Å². The van der Waals surface area contributed by atoms with Crippen molar-refractivity contribution in [2.75, 3.05) is 33.3 Å². The highest BCUT2D eigenvalue weighted by atomic mass is 16.5. The van der Waals surface area contributed by atoms with Crippen molar-refractivity contribution in [1.82, 2.24) is 9.80 Å². The summed E-state index contributed by atoms with van der Waals surface area (Å²) in [5.74, 6) is 1.39. The zero-order valence-electron chi connectivity index (χ0n) is 16.2. The smallest absolute Gasteiger partial charge is 0.253 e. The average molecular weight is 390 g/mol. The molecule has 0 bridgehead atoms. The molecule has 1 aromatic heterocycles. The van der Waals surface area contributed by atoms with Gasteiger partial charge in [-0.1, -0.05) is 12.1 Å². The summed E-state index contributed by atoms with van der Waals surface area (Å²) in [7, 11) is 1.59. The van der Waals surface area contributed by atoms with E-state index in [1.54, 1.807) is 47.4 Å². The predicted octanol–water partition coefficient (Wildman–Crippen LogP) is 3.55. The standard InChI is InChI=1S/C23H22N2O4/c1-28-20-9-7-17(8-10-20)22(26)24-11-13-25(14-12-24)23(27)19-5-2-4-18(16-19)21-6-3-15-29-21/h2-10,15-16H,11-14H2,1H3. The van der Waals surface area contributed by atoms with Crippen molar-refractivity contribution in [3.8, 4) is 17.1 Å². The Kier molecular flexibility index (Phi) is 5.33. The third kappa shape index (κ3) is 4.01. The number of piperazine rings is 1. The van der Waals surface area contributed by atoms with Gasteiger partial charge >= 0.3 is 0 Å². The van der Waals surface area contributed by atoms with Crippen LogP contribution in [-0.4, -0.2) is 54.9 Å². The zero-order valence-corrected chi connectivity index (χ0v) is 16.2.